The first-order valence-corrected chi connectivity index (χ1v) is 14.4. The fourth-order valence-corrected chi connectivity index (χ4v) is 5.92. The van der Waals surface area contributed by atoms with Crippen LogP contribution in [-0.4, -0.2) is 52.6 Å². The SMILES string of the molecule is O=C(O)c1cn(C2CC2)c2cc(N3CCN(C(=O)Cc4ccccc4Nc4c(Cl)cccc4Cl)CC3)c(F)cc2c1=O. The fraction of sp³-hybridized carbons (Fsp3) is 0.258. The zero-order chi connectivity index (χ0) is 29.5. The number of fused-ring (bicyclic) bond motifs is 1. The highest BCUT2D eigenvalue weighted by Gasteiger charge is 2.29. The lowest BCUT2D eigenvalue weighted by molar-refractivity contribution is -0.130. The number of aromatic nitrogens is 1. The van der Waals surface area contributed by atoms with Crippen molar-refractivity contribution in [3.05, 3.63) is 98.0 Å². The van der Waals surface area contributed by atoms with Gasteiger partial charge in [0.2, 0.25) is 11.3 Å². The molecule has 2 fully saturated rings. The second-order valence-corrected chi connectivity index (χ2v) is 11.4. The molecular weight excluding hydrogens is 582 g/mol. The summed E-state index contributed by atoms with van der Waals surface area (Å²) in [6, 6.07) is 15.6. The van der Waals surface area contributed by atoms with Crippen LogP contribution in [0.15, 0.2) is 65.6 Å². The number of amides is 1. The minimum absolute atomic E-state index is 0.0576. The van der Waals surface area contributed by atoms with E-state index >= 15 is 4.39 Å². The summed E-state index contributed by atoms with van der Waals surface area (Å²) in [5.74, 6) is -1.98. The van der Waals surface area contributed by atoms with Gasteiger partial charge in [-0.15, -0.1) is 0 Å². The number of nitrogens with zero attached hydrogens (tertiary/aromatic N) is 3. The Hall–Kier alpha value is -4.08. The zero-order valence-electron chi connectivity index (χ0n) is 22.4. The molecule has 0 unspecified atom stereocenters. The Morgan fingerprint density at radius 3 is 2.33 bits per heavy atom. The third kappa shape index (κ3) is 5.42. The van der Waals surface area contributed by atoms with Crippen molar-refractivity contribution in [3.63, 3.8) is 0 Å². The molecule has 0 atom stereocenters. The van der Waals surface area contributed by atoms with E-state index in [4.69, 9.17) is 23.2 Å². The van der Waals surface area contributed by atoms with Gasteiger partial charge in [-0.2, -0.15) is 0 Å². The Bertz CT molecular complexity index is 1760. The average Bonchev–Trinajstić information content (AvgIpc) is 3.82. The van der Waals surface area contributed by atoms with E-state index in [1.165, 1.54) is 6.20 Å². The van der Waals surface area contributed by atoms with E-state index in [1.54, 1.807) is 33.7 Å². The average molecular weight is 609 g/mol. The predicted octanol–water partition coefficient (Wildman–Crippen LogP) is 6.12. The lowest BCUT2D eigenvalue weighted by Gasteiger charge is -2.36. The molecule has 1 amide bonds. The monoisotopic (exact) mass is 608 g/mol. The van der Waals surface area contributed by atoms with Gasteiger partial charge in [0.15, 0.2) is 0 Å². The number of halogens is 3. The number of hydrogen-bond acceptors (Lipinski definition) is 5. The van der Waals surface area contributed by atoms with Crippen LogP contribution >= 0.6 is 23.2 Å². The minimum Gasteiger partial charge on any atom is -0.477 e. The highest BCUT2D eigenvalue weighted by molar-refractivity contribution is 6.39. The molecule has 1 aromatic heterocycles. The summed E-state index contributed by atoms with van der Waals surface area (Å²) < 4.78 is 17.1. The Morgan fingerprint density at radius 1 is 0.976 bits per heavy atom. The maximum Gasteiger partial charge on any atom is 0.341 e. The number of piperazine rings is 1. The highest BCUT2D eigenvalue weighted by Crippen LogP contribution is 2.38. The molecule has 2 heterocycles. The number of carbonyl (C=O) groups excluding carboxylic acids is 1. The molecule has 6 rings (SSSR count). The van der Waals surface area contributed by atoms with Crippen molar-refractivity contribution in [3.8, 4) is 0 Å². The predicted molar refractivity (Wildman–Crippen MR) is 162 cm³/mol. The van der Waals surface area contributed by atoms with Gasteiger partial charge in [0.05, 0.1) is 33.4 Å². The number of rotatable bonds is 7. The van der Waals surface area contributed by atoms with Crippen molar-refractivity contribution >= 4 is 63.0 Å². The molecule has 0 radical (unpaired) electrons. The van der Waals surface area contributed by atoms with E-state index in [0.717, 1.165) is 30.2 Å². The summed E-state index contributed by atoms with van der Waals surface area (Å²) >= 11 is 12.7. The number of carbonyl (C=O) groups is 2. The summed E-state index contributed by atoms with van der Waals surface area (Å²) in [4.78, 5) is 41.4. The van der Waals surface area contributed by atoms with Gasteiger partial charge in [0.25, 0.3) is 0 Å². The van der Waals surface area contributed by atoms with Crippen molar-refractivity contribution in [2.24, 2.45) is 0 Å². The van der Waals surface area contributed by atoms with Crippen LogP contribution in [0, 0.1) is 5.82 Å². The second-order valence-electron chi connectivity index (χ2n) is 10.6. The largest absolute Gasteiger partial charge is 0.477 e. The molecule has 1 saturated carbocycles. The number of nitrogens with one attached hydrogen (secondary N) is 1. The molecule has 42 heavy (non-hydrogen) atoms. The Morgan fingerprint density at radius 2 is 1.67 bits per heavy atom. The summed E-state index contributed by atoms with van der Waals surface area (Å²) in [6.45, 7) is 1.61. The number of carboxylic acids is 1. The summed E-state index contributed by atoms with van der Waals surface area (Å²) in [5.41, 5.74) is 1.88. The third-order valence-corrected chi connectivity index (χ3v) is 8.46. The minimum atomic E-state index is -1.33. The molecule has 8 nitrogen and oxygen atoms in total. The van der Waals surface area contributed by atoms with E-state index in [-0.39, 0.29) is 29.3 Å². The summed E-state index contributed by atoms with van der Waals surface area (Å²) in [5, 5.41) is 13.7. The molecule has 2 aliphatic rings. The second kappa shape index (κ2) is 11.3. The molecule has 3 aromatic carbocycles. The first-order chi connectivity index (χ1) is 20.2. The Balaban J connectivity index is 1.18. The van der Waals surface area contributed by atoms with Crippen LogP contribution in [0.5, 0.6) is 0 Å². The zero-order valence-corrected chi connectivity index (χ0v) is 24.0. The maximum absolute atomic E-state index is 15.3. The molecule has 1 aliphatic carbocycles. The van der Waals surface area contributed by atoms with E-state index in [9.17, 15) is 19.5 Å². The number of carboxylic acid groups (broad SMARTS) is 1. The van der Waals surface area contributed by atoms with Gasteiger partial charge in [-0.3, -0.25) is 9.59 Å². The number of hydrogen-bond donors (Lipinski definition) is 2. The summed E-state index contributed by atoms with van der Waals surface area (Å²) in [6.07, 6.45) is 3.27. The van der Waals surface area contributed by atoms with Crippen LogP contribution in [0.3, 0.4) is 0 Å². The molecule has 0 spiro atoms. The van der Waals surface area contributed by atoms with Gasteiger partial charge < -0.3 is 24.8 Å². The lowest BCUT2D eigenvalue weighted by Crippen LogP contribution is -2.49. The summed E-state index contributed by atoms with van der Waals surface area (Å²) in [7, 11) is 0. The van der Waals surface area contributed by atoms with Crippen LogP contribution in [0.2, 0.25) is 10.0 Å². The molecule has 4 aromatic rings. The molecule has 2 N–H and O–H groups in total. The van der Waals surface area contributed by atoms with Gasteiger partial charge in [-0.25, -0.2) is 9.18 Å². The Labute approximate surface area is 250 Å². The number of para-hydroxylation sites is 2. The standard InChI is InChI=1S/C31H27Cl2FN4O4/c32-22-5-3-6-23(33)29(22)35-25-7-2-1-4-18(25)14-28(39)37-12-10-36(11-13-37)27-16-26-20(15-24(27)34)30(40)21(31(41)42)17-38(26)19-8-9-19/h1-7,15-17,19,35H,8-14H2,(H,41,42). The van der Waals surface area contributed by atoms with E-state index in [1.807, 2.05) is 29.2 Å². The van der Waals surface area contributed by atoms with Crippen molar-refractivity contribution in [1.82, 2.24) is 9.47 Å². The molecule has 1 aliphatic heterocycles. The van der Waals surface area contributed by atoms with Crippen molar-refractivity contribution < 1.29 is 19.1 Å². The highest BCUT2D eigenvalue weighted by atomic mass is 35.5. The molecule has 0 bridgehead atoms. The van der Waals surface area contributed by atoms with Gasteiger partial charge in [-0.1, -0.05) is 47.5 Å². The van der Waals surface area contributed by atoms with Gasteiger partial charge in [0.1, 0.15) is 11.4 Å². The van der Waals surface area contributed by atoms with Crippen LogP contribution in [0.4, 0.5) is 21.5 Å². The molecular formula is C31H27Cl2FN4O4. The van der Waals surface area contributed by atoms with Gasteiger partial charge in [0, 0.05) is 49.5 Å². The Kier molecular flexibility index (Phi) is 7.55. The number of pyridine rings is 1. The maximum atomic E-state index is 15.3. The van der Waals surface area contributed by atoms with E-state index in [2.05, 4.69) is 5.32 Å². The van der Waals surface area contributed by atoms with Crippen molar-refractivity contribution in [2.45, 2.75) is 25.3 Å². The van der Waals surface area contributed by atoms with E-state index in [0.29, 0.717) is 53.1 Å². The quantitative estimate of drug-likeness (QED) is 0.263. The fourth-order valence-electron chi connectivity index (χ4n) is 5.43. The normalized spacial score (nSPS) is 15.2. The number of aromatic carboxylic acids is 1. The van der Waals surface area contributed by atoms with Crippen LogP contribution in [0.25, 0.3) is 10.9 Å². The van der Waals surface area contributed by atoms with Gasteiger partial charge in [-0.05, 0) is 48.7 Å². The van der Waals surface area contributed by atoms with Crippen LogP contribution < -0.4 is 15.6 Å². The lowest BCUT2D eigenvalue weighted by atomic mass is 10.1. The van der Waals surface area contributed by atoms with Gasteiger partial charge >= 0.3 is 5.97 Å². The first kappa shape index (κ1) is 28.1. The number of anilines is 3. The van der Waals surface area contributed by atoms with Crippen molar-refractivity contribution in [1.29, 1.82) is 0 Å². The molecule has 1 saturated heterocycles. The topological polar surface area (TPSA) is 94.9 Å². The van der Waals surface area contributed by atoms with E-state index < -0.39 is 17.2 Å². The number of benzene rings is 3. The third-order valence-electron chi connectivity index (χ3n) is 7.83. The first-order valence-electron chi connectivity index (χ1n) is 13.6. The van der Waals surface area contributed by atoms with Crippen LogP contribution in [-0.2, 0) is 11.2 Å². The molecule has 216 valence electrons. The smallest absolute Gasteiger partial charge is 0.341 e. The van der Waals surface area contributed by atoms with Crippen LogP contribution in [0.1, 0.15) is 34.8 Å². The molecule has 11 heteroatoms. The van der Waals surface area contributed by atoms with Crippen molar-refractivity contribution in [2.75, 3.05) is 36.4 Å².